The van der Waals surface area contributed by atoms with Crippen LogP contribution in [0.2, 0.25) is 0 Å². The van der Waals surface area contributed by atoms with Gasteiger partial charge in [-0.15, -0.1) is 0 Å². The van der Waals surface area contributed by atoms with Gasteiger partial charge in [-0.3, -0.25) is 9.59 Å². The van der Waals surface area contributed by atoms with Crippen molar-refractivity contribution in [2.75, 3.05) is 0 Å². The maximum absolute atomic E-state index is 11.9. The second-order valence-electron chi connectivity index (χ2n) is 4.92. The lowest BCUT2D eigenvalue weighted by molar-refractivity contribution is -0.137. The van der Waals surface area contributed by atoms with Crippen molar-refractivity contribution in [2.45, 2.75) is 45.2 Å². The van der Waals surface area contributed by atoms with Gasteiger partial charge < -0.3 is 16.2 Å². The highest BCUT2D eigenvalue weighted by Crippen LogP contribution is 2.17. The van der Waals surface area contributed by atoms with E-state index in [0.29, 0.717) is 0 Å². The van der Waals surface area contributed by atoms with Crippen molar-refractivity contribution in [1.29, 1.82) is 0 Å². The molecule has 2 atom stereocenters. The summed E-state index contributed by atoms with van der Waals surface area (Å²) in [5, 5.41) is 11.5. The van der Waals surface area contributed by atoms with Crippen LogP contribution >= 0.6 is 0 Å². The molecule has 0 aliphatic rings. The third kappa shape index (κ3) is 5.01. The summed E-state index contributed by atoms with van der Waals surface area (Å²) in [6.07, 6.45) is 0.794. The molecule has 4 N–H and O–H groups in total. The molecule has 0 saturated carbocycles. The summed E-state index contributed by atoms with van der Waals surface area (Å²) in [6, 6.07) is 7.06. The number of hydrogen-bond acceptors (Lipinski definition) is 3. The fraction of sp³-hybridized carbons (Fsp3) is 0.467. The van der Waals surface area contributed by atoms with E-state index < -0.39 is 12.0 Å². The minimum Gasteiger partial charge on any atom is -0.481 e. The maximum atomic E-state index is 11.9. The van der Waals surface area contributed by atoms with Crippen molar-refractivity contribution in [3.05, 3.63) is 35.4 Å². The summed E-state index contributed by atoms with van der Waals surface area (Å²) in [4.78, 5) is 22.4. The van der Waals surface area contributed by atoms with E-state index in [-0.39, 0.29) is 24.8 Å². The number of aliphatic carboxylic acids is 1. The number of hydrogen-bond donors (Lipinski definition) is 3. The molecule has 1 aromatic rings. The Labute approximate surface area is 119 Å². The zero-order valence-electron chi connectivity index (χ0n) is 11.9. The van der Waals surface area contributed by atoms with Crippen LogP contribution in [0.4, 0.5) is 0 Å². The Bertz CT molecular complexity index is 457. The van der Waals surface area contributed by atoms with E-state index in [1.165, 1.54) is 0 Å². The standard InChI is InChI=1S/C15H22N2O3/c1-3-13(11-6-4-10(2)5-7-11)17-15(20)12(16)8-9-14(18)19/h4-7,12-13H,3,8-9,16H2,1-2H3,(H,17,20)(H,18,19). The van der Waals surface area contributed by atoms with Crippen LogP contribution in [0.5, 0.6) is 0 Å². The Morgan fingerprint density at radius 3 is 2.40 bits per heavy atom. The van der Waals surface area contributed by atoms with Crippen LogP contribution < -0.4 is 11.1 Å². The van der Waals surface area contributed by atoms with Crippen LogP contribution in [-0.4, -0.2) is 23.0 Å². The number of benzene rings is 1. The number of amides is 1. The Balaban J connectivity index is 2.61. The second kappa shape index (κ2) is 7.65. The number of nitrogens with two attached hydrogens (primary N) is 1. The molecule has 0 aromatic heterocycles. The molecule has 1 aromatic carbocycles. The summed E-state index contributed by atoms with van der Waals surface area (Å²) < 4.78 is 0. The van der Waals surface area contributed by atoms with Gasteiger partial charge in [0.15, 0.2) is 0 Å². The topological polar surface area (TPSA) is 92.4 Å². The Kier molecular flexibility index (Phi) is 6.18. The van der Waals surface area contributed by atoms with Crippen molar-refractivity contribution >= 4 is 11.9 Å². The minimum atomic E-state index is -0.946. The van der Waals surface area contributed by atoms with Gasteiger partial charge in [0.05, 0.1) is 12.1 Å². The molecule has 110 valence electrons. The van der Waals surface area contributed by atoms with Crippen LogP contribution in [0.3, 0.4) is 0 Å². The van der Waals surface area contributed by atoms with E-state index in [1.54, 1.807) is 0 Å². The van der Waals surface area contributed by atoms with E-state index in [0.717, 1.165) is 17.5 Å². The van der Waals surface area contributed by atoms with Crippen molar-refractivity contribution in [3.63, 3.8) is 0 Å². The average Bonchev–Trinajstić information content (AvgIpc) is 2.42. The average molecular weight is 278 g/mol. The second-order valence-corrected chi connectivity index (χ2v) is 4.92. The Morgan fingerprint density at radius 1 is 1.30 bits per heavy atom. The fourth-order valence-corrected chi connectivity index (χ4v) is 1.91. The number of carboxylic acid groups (broad SMARTS) is 1. The molecule has 5 heteroatoms. The molecule has 2 unspecified atom stereocenters. The van der Waals surface area contributed by atoms with E-state index in [4.69, 9.17) is 10.8 Å². The van der Waals surface area contributed by atoms with Crippen molar-refractivity contribution in [3.8, 4) is 0 Å². The number of carboxylic acids is 1. The highest BCUT2D eigenvalue weighted by atomic mass is 16.4. The molecule has 0 fully saturated rings. The zero-order chi connectivity index (χ0) is 15.1. The lowest BCUT2D eigenvalue weighted by Crippen LogP contribution is -2.42. The van der Waals surface area contributed by atoms with Gasteiger partial charge in [-0.05, 0) is 25.3 Å². The maximum Gasteiger partial charge on any atom is 0.303 e. The van der Waals surface area contributed by atoms with Gasteiger partial charge in [0, 0.05) is 6.42 Å². The molecule has 0 saturated heterocycles. The first-order valence-corrected chi connectivity index (χ1v) is 6.78. The lowest BCUT2D eigenvalue weighted by Gasteiger charge is -2.20. The Morgan fingerprint density at radius 2 is 1.90 bits per heavy atom. The monoisotopic (exact) mass is 278 g/mol. The summed E-state index contributed by atoms with van der Waals surface area (Å²) in [7, 11) is 0. The summed E-state index contributed by atoms with van der Waals surface area (Å²) in [5.74, 6) is -1.25. The van der Waals surface area contributed by atoms with Crippen LogP contribution in [0.15, 0.2) is 24.3 Å². The number of carbonyl (C=O) groups excluding carboxylic acids is 1. The molecule has 20 heavy (non-hydrogen) atoms. The van der Waals surface area contributed by atoms with Gasteiger partial charge in [-0.25, -0.2) is 0 Å². The summed E-state index contributed by atoms with van der Waals surface area (Å²) >= 11 is 0. The molecule has 1 rings (SSSR count). The lowest BCUT2D eigenvalue weighted by atomic mass is 10.0. The first-order chi connectivity index (χ1) is 9.43. The molecule has 1 amide bonds. The molecule has 0 spiro atoms. The fourth-order valence-electron chi connectivity index (χ4n) is 1.91. The predicted octanol–water partition coefficient (Wildman–Crippen LogP) is 1.75. The van der Waals surface area contributed by atoms with Gasteiger partial charge in [0.2, 0.25) is 5.91 Å². The molecule has 0 heterocycles. The van der Waals surface area contributed by atoms with E-state index in [2.05, 4.69) is 5.32 Å². The van der Waals surface area contributed by atoms with E-state index >= 15 is 0 Å². The third-order valence-corrected chi connectivity index (χ3v) is 3.21. The van der Waals surface area contributed by atoms with Crippen molar-refractivity contribution in [1.82, 2.24) is 5.32 Å². The number of rotatable bonds is 7. The molecular weight excluding hydrogens is 256 g/mol. The first-order valence-electron chi connectivity index (χ1n) is 6.78. The smallest absolute Gasteiger partial charge is 0.303 e. The van der Waals surface area contributed by atoms with Crippen LogP contribution in [0.25, 0.3) is 0 Å². The molecular formula is C15H22N2O3. The SMILES string of the molecule is CCC(NC(=O)C(N)CCC(=O)O)c1ccc(C)cc1. The quantitative estimate of drug-likeness (QED) is 0.708. The van der Waals surface area contributed by atoms with Gasteiger partial charge >= 0.3 is 5.97 Å². The number of aryl methyl sites for hydroxylation is 1. The van der Waals surface area contributed by atoms with Crippen LogP contribution in [0.1, 0.15) is 43.4 Å². The largest absolute Gasteiger partial charge is 0.481 e. The molecule has 5 nitrogen and oxygen atoms in total. The highest BCUT2D eigenvalue weighted by molar-refractivity contribution is 5.82. The molecule has 0 aliphatic heterocycles. The van der Waals surface area contributed by atoms with Crippen LogP contribution in [0, 0.1) is 6.92 Å². The predicted molar refractivity (Wildman–Crippen MR) is 77.2 cm³/mol. The highest BCUT2D eigenvalue weighted by Gasteiger charge is 2.18. The van der Waals surface area contributed by atoms with Gasteiger partial charge in [-0.1, -0.05) is 36.8 Å². The number of nitrogens with one attached hydrogen (secondary N) is 1. The van der Waals surface area contributed by atoms with E-state index in [1.807, 2.05) is 38.1 Å². The summed E-state index contributed by atoms with van der Waals surface area (Å²) in [5.41, 5.74) is 7.88. The first kappa shape index (κ1) is 16.2. The van der Waals surface area contributed by atoms with E-state index in [9.17, 15) is 9.59 Å². The third-order valence-electron chi connectivity index (χ3n) is 3.21. The summed E-state index contributed by atoms with van der Waals surface area (Å²) in [6.45, 7) is 3.98. The normalized spacial score (nSPS) is 13.6. The number of carbonyl (C=O) groups is 2. The van der Waals surface area contributed by atoms with Gasteiger partial charge in [-0.2, -0.15) is 0 Å². The molecule has 0 aliphatic carbocycles. The van der Waals surface area contributed by atoms with Gasteiger partial charge in [0.25, 0.3) is 0 Å². The van der Waals surface area contributed by atoms with Gasteiger partial charge in [0.1, 0.15) is 0 Å². The zero-order valence-corrected chi connectivity index (χ0v) is 11.9. The van der Waals surface area contributed by atoms with Crippen molar-refractivity contribution < 1.29 is 14.7 Å². The minimum absolute atomic E-state index is 0.0982. The molecule has 0 radical (unpaired) electrons. The Hall–Kier alpha value is -1.88. The van der Waals surface area contributed by atoms with Crippen molar-refractivity contribution in [2.24, 2.45) is 5.73 Å². The van der Waals surface area contributed by atoms with Crippen LogP contribution in [-0.2, 0) is 9.59 Å². The molecule has 0 bridgehead atoms.